The summed E-state index contributed by atoms with van der Waals surface area (Å²) >= 11 is 1.23. The van der Waals surface area contributed by atoms with Crippen LogP contribution in [0.2, 0.25) is 0 Å². The molecule has 0 aliphatic carbocycles. The molecule has 0 spiro atoms. The number of aromatic nitrogens is 3. The maximum absolute atomic E-state index is 14.0. The molecular formula is C15H19FN4OS. The van der Waals surface area contributed by atoms with E-state index in [0.29, 0.717) is 29.0 Å². The Morgan fingerprint density at radius 2 is 2.00 bits per heavy atom. The number of amides is 1. The molecule has 0 unspecified atom stereocenters. The number of primary amides is 1. The van der Waals surface area contributed by atoms with Crippen LogP contribution in [0.1, 0.15) is 20.8 Å². The Labute approximate surface area is 133 Å². The molecule has 0 radical (unpaired) electrons. The van der Waals surface area contributed by atoms with Crippen molar-refractivity contribution in [2.45, 2.75) is 37.7 Å². The summed E-state index contributed by atoms with van der Waals surface area (Å²) in [6, 6.07) is 6.45. The van der Waals surface area contributed by atoms with Crippen molar-refractivity contribution in [3.63, 3.8) is 0 Å². The van der Waals surface area contributed by atoms with Crippen LogP contribution < -0.4 is 5.73 Å². The molecular weight excluding hydrogens is 303 g/mol. The molecule has 0 bridgehead atoms. The van der Waals surface area contributed by atoms with Gasteiger partial charge in [-0.2, -0.15) is 0 Å². The fourth-order valence-corrected chi connectivity index (χ4v) is 2.77. The number of hydrogen-bond donors (Lipinski definition) is 1. The Hall–Kier alpha value is -1.89. The van der Waals surface area contributed by atoms with Gasteiger partial charge in [0.15, 0.2) is 11.0 Å². The third-order valence-electron chi connectivity index (χ3n) is 3.06. The normalized spacial score (nSPS) is 12.6. The van der Waals surface area contributed by atoms with E-state index in [-0.39, 0.29) is 5.82 Å². The molecule has 5 nitrogen and oxygen atoms in total. The predicted octanol–water partition coefficient (Wildman–Crippen LogP) is 2.71. The number of hydrogen-bond acceptors (Lipinski definition) is 4. The predicted molar refractivity (Wildman–Crippen MR) is 84.8 cm³/mol. The van der Waals surface area contributed by atoms with Gasteiger partial charge in [-0.3, -0.25) is 4.79 Å². The third kappa shape index (κ3) is 3.65. The van der Waals surface area contributed by atoms with Crippen molar-refractivity contribution >= 4 is 17.7 Å². The number of halogens is 1. The minimum atomic E-state index is -0.427. The van der Waals surface area contributed by atoms with Gasteiger partial charge < -0.3 is 10.3 Å². The second kappa shape index (κ2) is 6.91. The molecule has 1 amide bonds. The van der Waals surface area contributed by atoms with Crippen LogP contribution in [0.15, 0.2) is 29.4 Å². The van der Waals surface area contributed by atoms with Crippen molar-refractivity contribution in [2.24, 2.45) is 11.7 Å². The van der Waals surface area contributed by atoms with Gasteiger partial charge in [-0.15, -0.1) is 10.2 Å². The summed E-state index contributed by atoms with van der Waals surface area (Å²) in [5.74, 6) is 0.0201. The van der Waals surface area contributed by atoms with E-state index in [1.54, 1.807) is 25.1 Å². The highest BCUT2D eigenvalue weighted by molar-refractivity contribution is 8.00. The van der Waals surface area contributed by atoms with Crippen molar-refractivity contribution < 1.29 is 9.18 Å². The van der Waals surface area contributed by atoms with Gasteiger partial charge in [-0.05, 0) is 25.0 Å². The Bertz CT molecular complexity index is 671. The molecule has 118 valence electrons. The summed E-state index contributed by atoms with van der Waals surface area (Å²) in [4.78, 5) is 11.3. The molecule has 0 saturated carbocycles. The summed E-state index contributed by atoms with van der Waals surface area (Å²) in [6.07, 6.45) is 0. The number of carbonyl (C=O) groups is 1. The standard InChI is InChI=1S/C15H19FN4OS/c1-9(2)8-20-14(11-6-4-5-7-12(11)16)18-19-15(20)22-10(3)13(17)21/h4-7,9-10H,8H2,1-3H3,(H2,17,21)/t10-/m0/s1. The minimum Gasteiger partial charge on any atom is -0.369 e. The average molecular weight is 322 g/mol. The molecule has 1 aromatic heterocycles. The van der Waals surface area contributed by atoms with E-state index in [9.17, 15) is 9.18 Å². The third-order valence-corrected chi connectivity index (χ3v) is 4.16. The lowest BCUT2D eigenvalue weighted by molar-refractivity contribution is -0.117. The van der Waals surface area contributed by atoms with Crippen LogP contribution in [0.5, 0.6) is 0 Å². The van der Waals surface area contributed by atoms with Crippen LogP contribution in [0.4, 0.5) is 4.39 Å². The Kier molecular flexibility index (Phi) is 5.18. The topological polar surface area (TPSA) is 73.8 Å². The van der Waals surface area contributed by atoms with Crippen molar-refractivity contribution in [3.05, 3.63) is 30.1 Å². The first kappa shape index (κ1) is 16.5. The summed E-state index contributed by atoms with van der Waals surface area (Å²) < 4.78 is 15.9. The molecule has 2 rings (SSSR count). The summed E-state index contributed by atoms with van der Waals surface area (Å²) in [7, 11) is 0. The van der Waals surface area contributed by atoms with Gasteiger partial charge in [-0.1, -0.05) is 37.7 Å². The van der Waals surface area contributed by atoms with Gasteiger partial charge in [0.1, 0.15) is 5.82 Å². The van der Waals surface area contributed by atoms with Gasteiger partial charge in [0.2, 0.25) is 5.91 Å². The first-order valence-corrected chi connectivity index (χ1v) is 7.92. The number of nitrogens with zero attached hydrogens (tertiary/aromatic N) is 3. The molecule has 2 aromatic rings. The first-order valence-electron chi connectivity index (χ1n) is 7.04. The summed E-state index contributed by atoms with van der Waals surface area (Å²) in [5.41, 5.74) is 5.70. The monoisotopic (exact) mass is 322 g/mol. The molecule has 0 aliphatic heterocycles. The Morgan fingerprint density at radius 1 is 1.32 bits per heavy atom. The number of carbonyl (C=O) groups excluding carboxylic acids is 1. The molecule has 1 aromatic carbocycles. The fraction of sp³-hybridized carbons (Fsp3) is 0.400. The second-order valence-corrected chi connectivity index (χ2v) is 6.76. The zero-order valence-electron chi connectivity index (χ0n) is 12.8. The molecule has 0 aliphatic rings. The number of nitrogens with two attached hydrogens (primary N) is 1. The maximum Gasteiger partial charge on any atom is 0.230 e. The number of thioether (sulfide) groups is 1. The Morgan fingerprint density at radius 3 is 2.59 bits per heavy atom. The highest BCUT2D eigenvalue weighted by Crippen LogP contribution is 2.28. The van der Waals surface area contributed by atoms with E-state index < -0.39 is 11.2 Å². The van der Waals surface area contributed by atoms with Crippen LogP contribution >= 0.6 is 11.8 Å². The summed E-state index contributed by atoms with van der Waals surface area (Å²) in [5, 5.41) is 8.36. The van der Waals surface area contributed by atoms with Crippen LogP contribution in [0.3, 0.4) is 0 Å². The smallest absolute Gasteiger partial charge is 0.230 e. The lowest BCUT2D eigenvalue weighted by Gasteiger charge is -2.14. The van der Waals surface area contributed by atoms with Crippen molar-refractivity contribution in [1.29, 1.82) is 0 Å². The molecule has 22 heavy (non-hydrogen) atoms. The zero-order valence-corrected chi connectivity index (χ0v) is 13.6. The largest absolute Gasteiger partial charge is 0.369 e. The first-order chi connectivity index (χ1) is 10.4. The van der Waals surface area contributed by atoms with Gasteiger partial charge >= 0.3 is 0 Å². The van der Waals surface area contributed by atoms with E-state index >= 15 is 0 Å². The van der Waals surface area contributed by atoms with Crippen LogP contribution in [0.25, 0.3) is 11.4 Å². The van der Waals surface area contributed by atoms with Gasteiger partial charge in [0.05, 0.1) is 10.8 Å². The van der Waals surface area contributed by atoms with E-state index in [1.165, 1.54) is 17.8 Å². The van der Waals surface area contributed by atoms with E-state index in [0.717, 1.165) is 0 Å². The van der Waals surface area contributed by atoms with Crippen molar-refractivity contribution in [1.82, 2.24) is 14.8 Å². The molecule has 0 fully saturated rings. The number of rotatable bonds is 6. The molecule has 0 saturated heterocycles. The molecule has 1 atom stereocenters. The highest BCUT2D eigenvalue weighted by atomic mass is 32.2. The lowest BCUT2D eigenvalue weighted by atomic mass is 10.2. The van der Waals surface area contributed by atoms with Crippen LogP contribution in [-0.4, -0.2) is 25.9 Å². The SMILES string of the molecule is CC(C)Cn1c(S[C@@H](C)C(N)=O)nnc1-c1ccccc1F. The van der Waals surface area contributed by atoms with E-state index in [1.807, 2.05) is 4.57 Å². The Balaban J connectivity index is 2.45. The minimum absolute atomic E-state index is 0.324. The van der Waals surface area contributed by atoms with Gasteiger partial charge in [0, 0.05) is 6.54 Å². The lowest BCUT2D eigenvalue weighted by Crippen LogP contribution is -2.23. The number of benzene rings is 1. The van der Waals surface area contributed by atoms with Gasteiger partial charge in [0.25, 0.3) is 0 Å². The van der Waals surface area contributed by atoms with Gasteiger partial charge in [-0.25, -0.2) is 4.39 Å². The molecule has 1 heterocycles. The second-order valence-electron chi connectivity index (χ2n) is 5.45. The molecule has 2 N–H and O–H groups in total. The highest BCUT2D eigenvalue weighted by Gasteiger charge is 2.21. The van der Waals surface area contributed by atoms with E-state index in [2.05, 4.69) is 24.0 Å². The fourth-order valence-electron chi connectivity index (χ4n) is 1.96. The maximum atomic E-state index is 14.0. The van der Waals surface area contributed by atoms with Crippen molar-refractivity contribution in [2.75, 3.05) is 0 Å². The van der Waals surface area contributed by atoms with Crippen LogP contribution in [0, 0.1) is 11.7 Å². The quantitative estimate of drug-likeness (QED) is 0.830. The van der Waals surface area contributed by atoms with Crippen molar-refractivity contribution in [3.8, 4) is 11.4 Å². The molecule has 7 heteroatoms. The zero-order chi connectivity index (χ0) is 16.3. The summed E-state index contributed by atoms with van der Waals surface area (Å²) in [6.45, 7) is 6.45. The van der Waals surface area contributed by atoms with Crippen LogP contribution in [-0.2, 0) is 11.3 Å². The van der Waals surface area contributed by atoms with E-state index in [4.69, 9.17) is 5.73 Å². The average Bonchev–Trinajstić information content (AvgIpc) is 2.81.